The van der Waals surface area contributed by atoms with E-state index >= 15 is 0 Å². The summed E-state index contributed by atoms with van der Waals surface area (Å²) in [5, 5.41) is 4.46. The van der Waals surface area contributed by atoms with Crippen molar-refractivity contribution in [3.05, 3.63) is 35.8 Å². The van der Waals surface area contributed by atoms with Crippen molar-refractivity contribution in [1.29, 1.82) is 0 Å². The van der Waals surface area contributed by atoms with Crippen LogP contribution < -0.4 is 5.32 Å². The third-order valence-electron chi connectivity index (χ3n) is 3.95. The lowest BCUT2D eigenvalue weighted by atomic mass is 9.85. The van der Waals surface area contributed by atoms with Gasteiger partial charge in [0.2, 0.25) is 0 Å². The molecular formula is C16H20FNO. The highest BCUT2D eigenvalue weighted by atomic mass is 19.1. The van der Waals surface area contributed by atoms with E-state index in [1.54, 1.807) is 12.1 Å². The third-order valence-corrected chi connectivity index (χ3v) is 3.95. The first-order valence-electron chi connectivity index (χ1n) is 7.04. The molecule has 19 heavy (non-hydrogen) atoms. The van der Waals surface area contributed by atoms with Gasteiger partial charge < -0.3 is 9.73 Å². The summed E-state index contributed by atoms with van der Waals surface area (Å²) in [4.78, 5) is 0. The number of benzene rings is 1. The highest BCUT2D eigenvalue weighted by Gasteiger charge is 2.38. The van der Waals surface area contributed by atoms with Crippen LogP contribution in [-0.2, 0) is 5.54 Å². The van der Waals surface area contributed by atoms with Crippen LogP contribution in [0.3, 0.4) is 0 Å². The van der Waals surface area contributed by atoms with Crippen molar-refractivity contribution in [2.24, 2.45) is 5.92 Å². The Hall–Kier alpha value is -1.35. The third kappa shape index (κ3) is 2.27. The van der Waals surface area contributed by atoms with E-state index in [1.807, 2.05) is 6.07 Å². The van der Waals surface area contributed by atoms with Crippen molar-refractivity contribution in [2.75, 3.05) is 6.54 Å². The second-order valence-corrected chi connectivity index (χ2v) is 6.00. The first kappa shape index (κ1) is 12.7. The summed E-state index contributed by atoms with van der Waals surface area (Å²) in [6, 6.07) is 6.71. The zero-order valence-electron chi connectivity index (χ0n) is 11.5. The van der Waals surface area contributed by atoms with Crippen LogP contribution >= 0.6 is 0 Å². The van der Waals surface area contributed by atoms with Gasteiger partial charge in [0, 0.05) is 5.39 Å². The molecule has 1 saturated heterocycles. The number of nitrogens with one attached hydrogen (secondary N) is 1. The predicted molar refractivity (Wildman–Crippen MR) is 74.5 cm³/mol. The molecule has 0 aliphatic carbocycles. The van der Waals surface area contributed by atoms with E-state index in [1.165, 1.54) is 6.07 Å². The zero-order valence-corrected chi connectivity index (χ0v) is 11.5. The van der Waals surface area contributed by atoms with Gasteiger partial charge in [-0.05, 0) is 56.0 Å². The molecule has 1 atom stereocenters. The molecule has 0 radical (unpaired) electrons. The molecule has 0 amide bonds. The molecule has 1 aromatic heterocycles. The van der Waals surface area contributed by atoms with Crippen molar-refractivity contribution in [2.45, 2.75) is 38.6 Å². The number of halogens is 1. The maximum atomic E-state index is 13.3. The molecule has 1 unspecified atom stereocenters. The van der Waals surface area contributed by atoms with Gasteiger partial charge in [-0.25, -0.2) is 4.39 Å². The number of fused-ring (bicyclic) bond motifs is 1. The molecule has 102 valence electrons. The molecule has 1 aromatic carbocycles. The van der Waals surface area contributed by atoms with Crippen LogP contribution in [0.2, 0.25) is 0 Å². The van der Waals surface area contributed by atoms with Gasteiger partial charge in [-0.2, -0.15) is 0 Å². The highest BCUT2D eigenvalue weighted by molar-refractivity contribution is 5.78. The summed E-state index contributed by atoms with van der Waals surface area (Å²) >= 11 is 0. The van der Waals surface area contributed by atoms with Gasteiger partial charge in [-0.3, -0.25) is 0 Å². The number of hydrogen-bond donors (Lipinski definition) is 1. The Bertz CT molecular complexity index is 581. The number of furan rings is 1. The minimum absolute atomic E-state index is 0.0658. The first-order valence-corrected chi connectivity index (χ1v) is 7.04. The van der Waals surface area contributed by atoms with Gasteiger partial charge in [-0.15, -0.1) is 0 Å². The molecule has 3 rings (SSSR count). The Morgan fingerprint density at radius 2 is 2.21 bits per heavy atom. The van der Waals surface area contributed by atoms with E-state index in [2.05, 4.69) is 19.2 Å². The van der Waals surface area contributed by atoms with E-state index in [9.17, 15) is 4.39 Å². The minimum Gasteiger partial charge on any atom is -0.459 e. The lowest BCUT2D eigenvalue weighted by molar-refractivity contribution is 0.261. The largest absolute Gasteiger partial charge is 0.459 e. The van der Waals surface area contributed by atoms with Gasteiger partial charge in [0.25, 0.3) is 0 Å². The molecule has 2 heterocycles. The first-order chi connectivity index (χ1) is 9.09. The molecule has 1 aliphatic rings. The average molecular weight is 261 g/mol. The van der Waals surface area contributed by atoms with Crippen molar-refractivity contribution in [3.63, 3.8) is 0 Å². The molecule has 1 fully saturated rings. The quantitative estimate of drug-likeness (QED) is 0.896. The summed E-state index contributed by atoms with van der Waals surface area (Å²) in [7, 11) is 0. The van der Waals surface area contributed by atoms with Gasteiger partial charge in [0.1, 0.15) is 17.2 Å². The Balaban J connectivity index is 2.05. The van der Waals surface area contributed by atoms with Gasteiger partial charge in [0.15, 0.2) is 0 Å². The fraction of sp³-hybridized carbons (Fsp3) is 0.500. The summed E-state index contributed by atoms with van der Waals surface area (Å²) in [6.07, 6.45) is 3.31. The van der Waals surface area contributed by atoms with Gasteiger partial charge in [-0.1, -0.05) is 13.8 Å². The van der Waals surface area contributed by atoms with Crippen LogP contribution in [0.15, 0.2) is 28.7 Å². The molecule has 1 aliphatic heterocycles. The Morgan fingerprint density at radius 1 is 1.37 bits per heavy atom. The fourth-order valence-corrected chi connectivity index (χ4v) is 3.24. The molecule has 2 nitrogen and oxygen atoms in total. The zero-order chi connectivity index (χ0) is 13.5. The highest BCUT2D eigenvalue weighted by Crippen LogP contribution is 2.39. The van der Waals surface area contributed by atoms with E-state index in [4.69, 9.17) is 4.42 Å². The number of rotatable bonds is 3. The van der Waals surface area contributed by atoms with Crippen LogP contribution in [0.5, 0.6) is 0 Å². The molecule has 0 spiro atoms. The summed E-state index contributed by atoms with van der Waals surface area (Å²) in [5.74, 6) is 1.34. The van der Waals surface area contributed by atoms with E-state index in [-0.39, 0.29) is 11.4 Å². The van der Waals surface area contributed by atoms with Crippen molar-refractivity contribution < 1.29 is 8.81 Å². The summed E-state index contributed by atoms with van der Waals surface area (Å²) in [6.45, 7) is 5.48. The van der Waals surface area contributed by atoms with E-state index < -0.39 is 0 Å². The molecular weight excluding hydrogens is 241 g/mol. The average Bonchev–Trinajstić information content (AvgIpc) is 2.94. The second kappa shape index (κ2) is 4.64. The Labute approximate surface area is 113 Å². The second-order valence-electron chi connectivity index (χ2n) is 6.00. The normalized spacial score (nSPS) is 23.6. The van der Waals surface area contributed by atoms with Crippen molar-refractivity contribution in [3.8, 4) is 0 Å². The minimum atomic E-state index is -0.211. The molecule has 0 saturated carbocycles. The monoisotopic (exact) mass is 261 g/mol. The van der Waals surface area contributed by atoms with E-state index in [0.29, 0.717) is 5.92 Å². The smallest absolute Gasteiger partial charge is 0.134 e. The Morgan fingerprint density at radius 3 is 2.89 bits per heavy atom. The topological polar surface area (TPSA) is 25.2 Å². The van der Waals surface area contributed by atoms with Crippen molar-refractivity contribution in [1.82, 2.24) is 5.32 Å². The van der Waals surface area contributed by atoms with Crippen molar-refractivity contribution >= 4 is 11.0 Å². The van der Waals surface area contributed by atoms with Crippen LogP contribution in [0.1, 0.15) is 38.9 Å². The van der Waals surface area contributed by atoms with Gasteiger partial charge in [0.05, 0.1) is 5.54 Å². The molecule has 2 aromatic rings. The SMILES string of the molecule is CC(C)CC1(c2cc3cc(F)ccc3o2)CCCN1. The summed E-state index contributed by atoms with van der Waals surface area (Å²) < 4.78 is 19.3. The lowest BCUT2D eigenvalue weighted by Crippen LogP contribution is -2.37. The molecule has 1 N–H and O–H groups in total. The standard InChI is InChI=1S/C16H20FNO/c1-11(2)10-16(6-3-7-18-16)15-9-12-8-13(17)4-5-14(12)19-15/h4-5,8-9,11,18H,3,6-7,10H2,1-2H3. The van der Waals surface area contributed by atoms with Gasteiger partial charge >= 0.3 is 0 Å². The molecule has 3 heteroatoms. The lowest BCUT2D eigenvalue weighted by Gasteiger charge is -2.29. The van der Waals surface area contributed by atoms with Crippen LogP contribution in [0.25, 0.3) is 11.0 Å². The summed E-state index contributed by atoms with van der Waals surface area (Å²) in [5.41, 5.74) is 0.706. The van der Waals surface area contributed by atoms with E-state index in [0.717, 1.165) is 42.5 Å². The maximum absolute atomic E-state index is 13.3. The predicted octanol–water partition coefficient (Wildman–Crippen LogP) is 4.20. The number of hydrogen-bond acceptors (Lipinski definition) is 2. The maximum Gasteiger partial charge on any atom is 0.134 e. The van der Waals surface area contributed by atoms with Crippen LogP contribution in [-0.4, -0.2) is 6.54 Å². The fourth-order valence-electron chi connectivity index (χ4n) is 3.24. The van der Waals surface area contributed by atoms with Crippen LogP contribution in [0, 0.1) is 11.7 Å². The molecule has 0 bridgehead atoms. The Kier molecular flexibility index (Phi) is 3.09. The van der Waals surface area contributed by atoms with Crippen LogP contribution in [0.4, 0.5) is 4.39 Å².